The Balaban J connectivity index is 0.000000457. The second-order valence-corrected chi connectivity index (χ2v) is 5.01. The summed E-state index contributed by atoms with van der Waals surface area (Å²) < 4.78 is 5.81. The minimum absolute atomic E-state index is 0.0695. The second kappa shape index (κ2) is 5.48. The third-order valence-electron chi connectivity index (χ3n) is 3.80. The molecule has 16 heavy (non-hydrogen) atoms. The average Bonchev–Trinajstić information content (AvgIpc) is 3.05. The Morgan fingerprint density at radius 2 is 1.94 bits per heavy atom. The molecule has 0 amide bonds. The van der Waals surface area contributed by atoms with Crippen molar-refractivity contribution in [2.45, 2.75) is 45.3 Å². The molecule has 3 rings (SSSR count). The van der Waals surface area contributed by atoms with Crippen molar-refractivity contribution >= 4 is 0 Å². The summed E-state index contributed by atoms with van der Waals surface area (Å²) in [6.07, 6.45) is 5.30. The van der Waals surface area contributed by atoms with Gasteiger partial charge in [-0.15, -0.1) is 0 Å². The van der Waals surface area contributed by atoms with Crippen LogP contribution in [0.2, 0.25) is 0 Å². The molecule has 0 atom stereocenters. The Labute approximate surface area is 99.5 Å². The first kappa shape index (κ1) is 12.3. The first-order valence-electron chi connectivity index (χ1n) is 6.98. The predicted molar refractivity (Wildman–Crippen MR) is 66.4 cm³/mol. The predicted octanol–water partition coefficient (Wildman–Crippen LogP) is 1.83. The first-order valence-corrected chi connectivity index (χ1v) is 6.98. The lowest BCUT2D eigenvalue weighted by Gasteiger charge is -2.38. The van der Waals surface area contributed by atoms with Crippen LogP contribution in [0, 0.1) is 5.92 Å². The van der Waals surface area contributed by atoms with Crippen LogP contribution in [0.4, 0.5) is 0 Å². The Hall–Kier alpha value is -0.120. The number of hydrogen-bond donors (Lipinski definition) is 1. The molecule has 2 heterocycles. The summed E-state index contributed by atoms with van der Waals surface area (Å²) in [5.41, 5.74) is 0.0695. The number of ether oxygens (including phenoxy) is 1. The van der Waals surface area contributed by atoms with Crippen LogP contribution >= 0.6 is 0 Å². The van der Waals surface area contributed by atoms with Crippen LogP contribution in [0.25, 0.3) is 0 Å². The molecular weight excluding hydrogens is 200 g/mol. The largest absolute Gasteiger partial charge is 0.359 e. The van der Waals surface area contributed by atoms with Crippen LogP contribution in [0.1, 0.15) is 39.5 Å². The van der Waals surface area contributed by atoms with Crippen molar-refractivity contribution in [3.63, 3.8) is 0 Å². The van der Waals surface area contributed by atoms with Gasteiger partial charge in [-0.2, -0.15) is 0 Å². The highest BCUT2D eigenvalue weighted by atomic mass is 16.5. The molecule has 0 unspecified atom stereocenters. The van der Waals surface area contributed by atoms with Gasteiger partial charge < -0.3 is 9.64 Å². The van der Waals surface area contributed by atoms with Crippen molar-refractivity contribution in [2.75, 3.05) is 32.8 Å². The Morgan fingerprint density at radius 1 is 1.25 bits per heavy atom. The third kappa shape index (κ3) is 2.96. The summed E-state index contributed by atoms with van der Waals surface area (Å²) in [6, 6.07) is 0. The minimum Gasteiger partial charge on any atom is -0.359 e. The van der Waals surface area contributed by atoms with Crippen molar-refractivity contribution < 1.29 is 4.74 Å². The molecule has 0 radical (unpaired) electrons. The maximum absolute atomic E-state index is 5.81. The van der Waals surface area contributed by atoms with Crippen molar-refractivity contribution in [1.29, 1.82) is 0 Å². The molecular formula is C13H26N2O. The van der Waals surface area contributed by atoms with Crippen molar-refractivity contribution in [3.05, 3.63) is 0 Å². The number of nitrogens with one attached hydrogen (secondary N) is 1. The van der Waals surface area contributed by atoms with Crippen molar-refractivity contribution in [2.24, 2.45) is 5.92 Å². The normalized spacial score (nSPS) is 28.9. The van der Waals surface area contributed by atoms with E-state index in [1.165, 1.54) is 45.3 Å². The molecule has 1 N–H and O–H groups in total. The van der Waals surface area contributed by atoms with E-state index in [0.717, 1.165) is 19.1 Å². The number of rotatable bonds is 2. The number of piperidine rings is 1. The molecule has 3 aliphatic rings. The van der Waals surface area contributed by atoms with Crippen LogP contribution in [0.15, 0.2) is 0 Å². The molecule has 0 aromatic carbocycles. The van der Waals surface area contributed by atoms with Crippen LogP contribution in [0.5, 0.6) is 0 Å². The molecule has 2 aliphatic heterocycles. The zero-order chi connectivity index (χ0) is 11.4. The Morgan fingerprint density at radius 3 is 2.44 bits per heavy atom. The first-order chi connectivity index (χ1) is 7.86. The molecule has 3 fully saturated rings. The van der Waals surface area contributed by atoms with Gasteiger partial charge in [-0.1, -0.05) is 13.8 Å². The summed E-state index contributed by atoms with van der Waals surface area (Å²) in [5.74, 6) is 1.03. The fourth-order valence-corrected chi connectivity index (χ4v) is 2.66. The van der Waals surface area contributed by atoms with Crippen LogP contribution in [-0.2, 0) is 4.74 Å². The lowest BCUT2D eigenvalue weighted by molar-refractivity contribution is -0.0569. The van der Waals surface area contributed by atoms with E-state index in [1.807, 2.05) is 13.8 Å². The van der Waals surface area contributed by atoms with Gasteiger partial charge in [0.1, 0.15) is 5.72 Å². The SMILES string of the molecule is C1COC2(CCN(CC3CC3)CC2)N1.CC. The zero-order valence-electron chi connectivity index (χ0n) is 10.8. The van der Waals surface area contributed by atoms with E-state index in [2.05, 4.69) is 10.2 Å². The van der Waals surface area contributed by atoms with Gasteiger partial charge >= 0.3 is 0 Å². The van der Waals surface area contributed by atoms with E-state index in [0.29, 0.717) is 0 Å². The van der Waals surface area contributed by atoms with E-state index in [9.17, 15) is 0 Å². The fraction of sp³-hybridized carbons (Fsp3) is 1.00. The van der Waals surface area contributed by atoms with E-state index < -0.39 is 0 Å². The zero-order valence-corrected chi connectivity index (χ0v) is 10.8. The highest BCUT2D eigenvalue weighted by Gasteiger charge is 2.38. The van der Waals surface area contributed by atoms with E-state index in [-0.39, 0.29) is 5.72 Å². The van der Waals surface area contributed by atoms with E-state index in [1.54, 1.807) is 0 Å². The Bertz CT molecular complexity index is 200. The van der Waals surface area contributed by atoms with Gasteiger partial charge in [0, 0.05) is 39.0 Å². The van der Waals surface area contributed by atoms with Gasteiger partial charge in [0.15, 0.2) is 0 Å². The van der Waals surface area contributed by atoms with Crippen LogP contribution in [0.3, 0.4) is 0 Å². The molecule has 0 bridgehead atoms. The second-order valence-electron chi connectivity index (χ2n) is 5.01. The number of hydrogen-bond acceptors (Lipinski definition) is 3. The molecule has 0 aromatic rings. The monoisotopic (exact) mass is 226 g/mol. The molecule has 2 saturated heterocycles. The summed E-state index contributed by atoms with van der Waals surface area (Å²) >= 11 is 0. The summed E-state index contributed by atoms with van der Waals surface area (Å²) in [6.45, 7) is 9.74. The van der Waals surface area contributed by atoms with E-state index >= 15 is 0 Å². The molecule has 94 valence electrons. The lowest BCUT2D eigenvalue weighted by Crippen LogP contribution is -2.51. The van der Waals surface area contributed by atoms with Gasteiger partial charge in [-0.3, -0.25) is 5.32 Å². The fourth-order valence-electron chi connectivity index (χ4n) is 2.66. The number of likely N-dealkylation sites (tertiary alicyclic amines) is 1. The van der Waals surface area contributed by atoms with Gasteiger partial charge in [0.25, 0.3) is 0 Å². The highest BCUT2D eigenvalue weighted by Crippen LogP contribution is 2.32. The topological polar surface area (TPSA) is 24.5 Å². The lowest BCUT2D eigenvalue weighted by atomic mass is 10.0. The van der Waals surface area contributed by atoms with Gasteiger partial charge in [-0.05, 0) is 18.8 Å². The van der Waals surface area contributed by atoms with Crippen LogP contribution in [-0.4, -0.2) is 43.4 Å². The summed E-state index contributed by atoms with van der Waals surface area (Å²) in [5, 5.41) is 3.51. The minimum atomic E-state index is 0.0695. The molecule has 1 spiro atoms. The third-order valence-corrected chi connectivity index (χ3v) is 3.80. The van der Waals surface area contributed by atoms with Crippen LogP contribution < -0.4 is 5.32 Å². The smallest absolute Gasteiger partial charge is 0.121 e. The van der Waals surface area contributed by atoms with Crippen molar-refractivity contribution in [3.8, 4) is 0 Å². The number of nitrogens with zero attached hydrogens (tertiary/aromatic N) is 1. The average molecular weight is 226 g/mol. The van der Waals surface area contributed by atoms with Gasteiger partial charge in [-0.25, -0.2) is 0 Å². The van der Waals surface area contributed by atoms with Gasteiger partial charge in [0.2, 0.25) is 0 Å². The van der Waals surface area contributed by atoms with Gasteiger partial charge in [0.05, 0.1) is 6.61 Å². The molecule has 0 aromatic heterocycles. The molecule has 1 saturated carbocycles. The summed E-state index contributed by atoms with van der Waals surface area (Å²) in [7, 11) is 0. The molecule has 3 heteroatoms. The standard InChI is InChI=1S/C11H20N2O.C2H6/c1-2-10(1)9-13-6-3-11(4-7-13)12-5-8-14-11;1-2/h10,12H,1-9H2;1-2H3. The molecule has 1 aliphatic carbocycles. The van der Waals surface area contributed by atoms with E-state index in [4.69, 9.17) is 4.74 Å². The quantitative estimate of drug-likeness (QED) is 0.777. The maximum atomic E-state index is 5.81. The summed E-state index contributed by atoms with van der Waals surface area (Å²) in [4.78, 5) is 2.62. The maximum Gasteiger partial charge on any atom is 0.121 e. The molecule has 3 nitrogen and oxygen atoms in total. The highest BCUT2D eigenvalue weighted by molar-refractivity contribution is 4.90. The van der Waals surface area contributed by atoms with Crippen molar-refractivity contribution in [1.82, 2.24) is 10.2 Å². The Kier molecular flexibility index (Phi) is 4.22.